The molecule has 3 heteroatoms. The second-order valence-corrected chi connectivity index (χ2v) is 2.69. The van der Waals surface area contributed by atoms with Gasteiger partial charge in [-0.15, -0.1) is 0 Å². The van der Waals surface area contributed by atoms with Crippen molar-refractivity contribution in [3.63, 3.8) is 0 Å². The number of hydrogen-bond donors (Lipinski definition) is 2. The molecule has 2 N–H and O–H groups in total. The van der Waals surface area contributed by atoms with E-state index in [1.54, 1.807) is 14.0 Å². The normalized spacial score (nSPS) is 21.0. The molecular weight excluding hydrogens is 118 g/mol. The molecule has 0 saturated heterocycles. The van der Waals surface area contributed by atoms with E-state index in [-0.39, 0.29) is 4.65 Å². The molecule has 56 valence electrons. The zero-order chi connectivity index (χ0) is 7.49. The van der Waals surface area contributed by atoms with Crippen LogP contribution in [0.5, 0.6) is 0 Å². The molecule has 0 bridgehead atoms. The van der Waals surface area contributed by atoms with Gasteiger partial charge in [0.1, 0.15) is 19.2 Å². The van der Waals surface area contributed by atoms with Crippen molar-refractivity contribution >= 4 is 0 Å². The van der Waals surface area contributed by atoms with Crippen LogP contribution < -0.4 is 0 Å². The summed E-state index contributed by atoms with van der Waals surface area (Å²) in [6.45, 7) is 4.58. The zero-order valence-corrected chi connectivity index (χ0v) is 6.33. The molecule has 0 aliphatic rings. The van der Waals surface area contributed by atoms with Crippen molar-refractivity contribution in [1.82, 2.24) is 0 Å². The first-order valence-corrected chi connectivity index (χ1v) is 3.23. The van der Waals surface area contributed by atoms with Crippen molar-refractivity contribution in [1.29, 1.82) is 0 Å². The summed E-state index contributed by atoms with van der Waals surface area (Å²) in [4.78, 5) is 0. The predicted molar refractivity (Wildman–Crippen MR) is 35.1 cm³/mol. The van der Waals surface area contributed by atoms with Crippen LogP contribution in [0.3, 0.4) is 0 Å². The molecule has 0 aromatic carbocycles. The number of hydrogen-bond acceptors (Lipinski definition) is 2. The monoisotopic (exact) mass is 134 g/mol. The standard InChI is InChI=1S/C6H16NO2/c1-4-7(3,9)5-6(2)8/h6,8-9H,4-5H2,1-3H3/q+1. The highest BCUT2D eigenvalue weighted by Crippen LogP contribution is 1.96. The van der Waals surface area contributed by atoms with Gasteiger partial charge in [0.15, 0.2) is 0 Å². The van der Waals surface area contributed by atoms with Crippen LogP contribution in [0.4, 0.5) is 0 Å². The summed E-state index contributed by atoms with van der Waals surface area (Å²) in [7, 11) is 1.67. The number of aliphatic hydroxyl groups is 1. The van der Waals surface area contributed by atoms with Crippen molar-refractivity contribution in [2.24, 2.45) is 0 Å². The van der Waals surface area contributed by atoms with E-state index in [0.29, 0.717) is 13.1 Å². The summed E-state index contributed by atoms with van der Waals surface area (Å²) in [5.74, 6) is 0. The van der Waals surface area contributed by atoms with Gasteiger partial charge in [-0.2, -0.15) is 4.65 Å². The second kappa shape index (κ2) is 3.15. The van der Waals surface area contributed by atoms with Crippen LogP contribution in [-0.2, 0) is 0 Å². The van der Waals surface area contributed by atoms with Gasteiger partial charge in [-0.25, -0.2) is 5.21 Å². The Morgan fingerprint density at radius 2 is 2.00 bits per heavy atom. The summed E-state index contributed by atoms with van der Waals surface area (Å²) < 4.78 is -0.0995. The van der Waals surface area contributed by atoms with Crippen molar-refractivity contribution in [2.75, 3.05) is 20.1 Å². The van der Waals surface area contributed by atoms with Gasteiger partial charge in [0.25, 0.3) is 0 Å². The fourth-order valence-electron chi connectivity index (χ4n) is 0.698. The Labute approximate surface area is 56.1 Å². The highest BCUT2D eigenvalue weighted by molar-refractivity contribution is 4.38. The van der Waals surface area contributed by atoms with E-state index >= 15 is 0 Å². The Morgan fingerprint density at radius 1 is 1.56 bits per heavy atom. The van der Waals surface area contributed by atoms with Gasteiger partial charge >= 0.3 is 0 Å². The molecule has 0 fully saturated rings. The van der Waals surface area contributed by atoms with Crippen molar-refractivity contribution in [3.05, 3.63) is 0 Å². The van der Waals surface area contributed by atoms with Gasteiger partial charge in [0.05, 0.1) is 7.05 Å². The summed E-state index contributed by atoms with van der Waals surface area (Å²) in [6.07, 6.45) is -0.431. The van der Waals surface area contributed by atoms with Crippen LogP contribution in [0, 0.1) is 0 Å². The van der Waals surface area contributed by atoms with E-state index in [2.05, 4.69) is 0 Å². The molecule has 2 unspecified atom stereocenters. The molecule has 0 aliphatic carbocycles. The Balaban J connectivity index is 3.58. The lowest BCUT2D eigenvalue weighted by Gasteiger charge is -2.24. The minimum absolute atomic E-state index is 0.0995. The smallest absolute Gasteiger partial charge is 0.134 e. The number of aliphatic hydroxyl groups excluding tert-OH is 1. The highest BCUT2D eigenvalue weighted by Gasteiger charge is 2.17. The summed E-state index contributed by atoms with van der Waals surface area (Å²) in [5, 5.41) is 18.1. The summed E-state index contributed by atoms with van der Waals surface area (Å²) in [5.41, 5.74) is 0. The van der Waals surface area contributed by atoms with Gasteiger partial charge in [-0.05, 0) is 13.8 Å². The topological polar surface area (TPSA) is 40.5 Å². The first-order chi connectivity index (χ1) is 3.98. The van der Waals surface area contributed by atoms with E-state index in [4.69, 9.17) is 5.11 Å². The third kappa shape index (κ3) is 4.39. The minimum Gasteiger partial charge on any atom is -0.387 e. The first kappa shape index (κ1) is 8.88. The zero-order valence-electron chi connectivity index (χ0n) is 6.33. The molecule has 0 aromatic heterocycles. The third-order valence-corrected chi connectivity index (χ3v) is 1.34. The quantitative estimate of drug-likeness (QED) is 0.428. The maximum atomic E-state index is 9.27. The molecule has 0 heterocycles. The van der Waals surface area contributed by atoms with Crippen LogP contribution in [0.25, 0.3) is 0 Å². The SMILES string of the molecule is CC[N+](C)(O)CC(C)O. The minimum atomic E-state index is -0.431. The third-order valence-electron chi connectivity index (χ3n) is 1.34. The number of quaternary nitrogens is 1. The first-order valence-electron chi connectivity index (χ1n) is 3.23. The van der Waals surface area contributed by atoms with E-state index in [1.807, 2.05) is 6.92 Å². The van der Waals surface area contributed by atoms with Crippen LogP contribution in [-0.4, -0.2) is 41.2 Å². The lowest BCUT2D eigenvalue weighted by molar-refractivity contribution is -1.09. The maximum absolute atomic E-state index is 9.27. The lowest BCUT2D eigenvalue weighted by Crippen LogP contribution is -2.44. The highest BCUT2D eigenvalue weighted by atomic mass is 16.5. The van der Waals surface area contributed by atoms with Crippen LogP contribution in [0.1, 0.15) is 13.8 Å². The summed E-state index contributed by atoms with van der Waals surface area (Å²) in [6, 6.07) is 0. The fraction of sp³-hybridized carbons (Fsp3) is 1.00. The van der Waals surface area contributed by atoms with E-state index in [0.717, 1.165) is 0 Å². The molecule has 0 aliphatic heterocycles. The summed E-state index contributed by atoms with van der Waals surface area (Å²) >= 11 is 0. The number of rotatable bonds is 3. The van der Waals surface area contributed by atoms with Crippen molar-refractivity contribution in [2.45, 2.75) is 20.0 Å². The molecule has 0 amide bonds. The molecule has 3 nitrogen and oxygen atoms in total. The molecule has 0 radical (unpaired) electrons. The van der Waals surface area contributed by atoms with Gasteiger partial charge in [0.2, 0.25) is 0 Å². The molecule has 2 atom stereocenters. The van der Waals surface area contributed by atoms with Gasteiger partial charge in [-0.1, -0.05) is 0 Å². The van der Waals surface area contributed by atoms with E-state index < -0.39 is 6.10 Å². The molecule has 0 aromatic rings. The lowest BCUT2D eigenvalue weighted by atomic mass is 10.4. The number of nitrogens with zero attached hydrogens (tertiary/aromatic N) is 1. The Hall–Kier alpha value is -0.120. The van der Waals surface area contributed by atoms with Crippen LogP contribution in [0.2, 0.25) is 0 Å². The predicted octanol–water partition coefficient (Wildman–Crippen LogP) is 0.223. The van der Waals surface area contributed by atoms with Crippen molar-refractivity contribution < 1.29 is 15.0 Å². The van der Waals surface area contributed by atoms with E-state index in [1.165, 1.54) is 0 Å². The average Bonchev–Trinajstić information content (AvgIpc) is 1.63. The molecule has 0 rings (SSSR count). The fourth-order valence-corrected chi connectivity index (χ4v) is 0.698. The molecule has 0 saturated carbocycles. The number of likely N-dealkylation sites (N-methyl/N-ethyl adjacent to an activating group) is 1. The molecule has 9 heavy (non-hydrogen) atoms. The molecular formula is C6H16NO2+. The van der Waals surface area contributed by atoms with Crippen molar-refractivity contribution in [3.8, 4) is 0 Å². The Bertz CT molecular complexity index is 81.1. The van der Waals surface area contributed by atoms with Crippen LogP contribution in [0.15, 0.2) is 0 Å². The Morgan fingerprint density at radius 3 is 2.11 bits per heavy atom. The van der Waals surface area contributed by atoms with Gasteiger partial charge in [-0.3, -0.25) is 0 Å². The number of hydroxylamine groups is 3. The average molecular weight is 134 g/mol. The largest absolute Gasteiger partial charge is 0.387 e. The molecule has 0 spiro atoms. The maximum Gasteiger partial charge on any atom is 0.134 e. The Kier molecular flexibility index (Phi) is 3.11. The van der Waals surface area contributed by atoms with Gasteiger partial charge in [0, 0.05) is 0 Å². The van der Waals surface area contributed by atoms with Gasteiger partial charge < -0.3 is 5.11 Å². The van der Waals surface area contributed by atoms with Crippen LogP contribution >= 0.6 is 0 Å². The van der Waals surface area contributed by atoms with E-state index in [9.17, 15) is 5.21 Å². The second-order valence-electron chi connectivity index (χ2n) is 2.69.